The Morgan fingerprint density at radius 1 is 1.24 bits per heavy atom. The number of hydrogen-bond acceptors (Lipinski definition) is 5. The molecule has 25 heavy (non-hydrogen) atoms. The van der Waals surface area contributed by atoms with Crippen molar-refractivity contribution in [3.8, 4) is 17.3 Å². The molecule has 0 radical (unpaired) electrons. The number of rotatable bonds is 5. The monoisotopic (exact) mass is 352 g/mol. The van der Waals surface area contributed by atoms with Gasteiger partial charge in [0.2, 0.25) is 5.91 Å². The minimum absolute atomic E-state index is 0.213. The van der Waals surface area contributed by atoms with Crippen LogP contribution in [0.15, 0.2) is 42.7 Å². The van der Waals surface area contributed by atoms with Crippen LogP contribution < -0.4 is 5.32 Å². The summed E-state index contributed by atoms with van der Waals surface area (Å²) in [7, 11) is 0. The number of nitrogens with zero attached hydrogens (tertiary/aromatic N) is 4. The molecule has 3 rings (SSSR count). The smallest absolute Gasteiger partial charge is 0.225 e. The fraction of sp³-hybridized carbons (Fsp3) is 0.118. The number of halogens is 1. The zero-order valence-electron chi connectivity index (χ0n) is 13.0. The van der Waals surface area contributed by atoms with E-state index in [2.05, 4.69) is 31.8 Å². The summed E-state index contributed by atoms with van der Waals surface area (Å²) in [6.07, 6.45) is 3.86. The van der Waals surface area contributed by atoms with Crippen molar-refractivity contribution in [2.75, 3.05) is 5.32 Å². The third kappa shape index (κ3) is 4.00. The van der Waals surface area contributed by atoms with Gasteiger partial charge in [-0.3, -0.25) is 9.89 Å². The molecule has 2 heterocycles. The number of anilines is 1. The minimum Gasteiger partial charge on any atom is -0.310 e. The molecule has 0 aliphatic heterocycles. The van der Waals surface area contributed by atoms with Crippen molar-refractivity contribution >= 4 is 23.3 Å². The first-order valence-corrected chi connectivity index (χ1v) is 7.85. The van der Waals surface area contributed by atoms with Crippen LogP contribution >= 0.6 is 11.6 Å². The second-order valence-electron chi connectivity index (χ2n) is 5.24. The van der Waals surface area contributed by atoms with E-state index in [0.717, 1.165) is 5.56 Å². The lowest BCUT2D eigenvalue weighted by Gasteiger charge is -2.04. The van der Waals surface area contributed by atoms with E-state index in [4.69, 9.17) is 11.6 Å². The van der Waals surface area contributed by atoms with Gasteiger partial charge in [-0.1, -0.05) is 23.7 Å². The summed E-state index contributed by atoms with van der Waals surface area (Å²) in [5.41, 5.74) is 2.33. The Morgan fingerprint density at radius 3 is 2.72 bits per heavy atom. The van der Waals surface area contributed by atoms with Gasteiger partial charge in [0.05, 0.1) is 12.4 Å². The first-order valence-electron chi connectivity index (χ1n) is 7.47. The third-order valence-corrected chi connectivity index (χ3v) is 3.81. The van der Waals surface area contributed by atoms with Gasteiger partial charge in [-0.05, 0) is 30.2 Å². The first-order chi connectivity index (χ1) is 12.2. The Hall–Kier alpha value is -3.24. The molecule has 0 atom stereocenters. The van der Waals surface area contributed by atoms with E-state index < -0.39 is 0 Å². The molecular weight excluding hydrogens is 340 g/mol. The van der Waals surface area contributed by atoms with Gasteiger partial charge in [0.25, 0.3) is 0 Å². The summed E-state index contributed by atoms with van der Waals surface area (Å²) in [4.78, 5) is 12.1. The van der Waals surface area contributed by atoms with Crippen molar-refractivity contribution in [1.29, 1.82) is 5.26 Å². The van der Waals surface area contributed by atoms with Gasteiger partial charge < -0.3 is 5.32 Å². The van der Waals surface area contributed by atoms with Crippen LogP contribution in [0.5, 0.6) is 0 Å². The van der Waals surface area contributed by atoms with E-state index >= 15 is 0 Å². The standard InChI is InChI=1S/C17H13ClN6O/c18-13-4-1-11(2-5-13)3-6-15(25)22-17-14(9-19)16(23-24-17)12-7-8-20-21-10-12/h1-2,4-5,7-8,10H,3,6H2,(H2,22,23,24,25). The van der Waals surface area contributed by atoms with Gasteiger partial charge in [-0.25, -0.2) is 0 Å². The summed E-state index contributed by atoms with van der Waals surface area (Å²) >= 11 is 5.84. The van der Waals surface area contributed by atoms with E-state index in [0.29, 0.717) is 22.7 Å². The van der Waals surface area contributed by atoms with Crippen molar-refractivity contribution in [1.82, 2.24) is 20.4 Å². The van der Waals surface area contributed by atoms with Crippen molar-refractivity contribution in [2.45, 2.75) is 12.8 Å². The highest BCUT2D eigenvalue weighted by Crippen LogP contribution is 2.25. The molecule has 0 spiro atoms. The lowest BCUT2D eigenvalue weighted by Crippen LogP contribution is -2.13. The predicted octanol–water partition coefficient (Wildman–Crippen LogP) is 2.96. The van der Waals surface area contributed by atoms with Crippen LogP contribution in [0.1, 0.15) is 17.5 Å². The molecule has 0 unspecified atom stereocenters. The number of hydrogen-bond donors (Lipinski definition) is 2. The van der Waals surface area contributed by atoms with Crippen LogP contribution in [-0.2, 0) is 11.2 Å². The van der Waals surface area contributed by atoms with Crippen LogP contribution in [0.4, 0.5) is 5.82 Å². The predicted molar refractivity (Wildman–Crippen MR) is 92.7 cm³/mol. The molecule has 0 saturated carbocycles. The molecule has 3 aromatic rings. The maximum atomic E-state index is 12.1. The highest BCUT2D eigenvalue weighted by molar-refractivity contribution is 6.30. The number of nitriles is 1. The molecule has 2 aromatic heterocycles. The van der Waals surface area contributed by atoms with Crippen molar-refractivity contribution in [2.24, 2.45) is 0 Å². The van der Waals surface area contributed by atoms with Gasteiger partial charge in [0.1, 0.15) is 23.1 Å². The summed E-state index contributed by atoms with van der Waals surface area (Å²) < 4.78 is 0. The summed E-state index contributed by atoms with van der Waals surface area (Å²) in [6, 6.07) is 11.1. The molecule has 0 aliphatic carbocycles. The molecule has 124 valence electrons. The van der Waals surface area contributed by atoms with Crippen LogP contribution in [0, 0.1) is 11.3 Å². The molecule has 0 saturated heterocycles. The summed E-state index contributed by atoms with van der Waals surface area (Å²) in [5.74, 6) is 0.0601. The number of benzene rings is 1. The number of aromatic nitrogens is 4. The van der Waals surface area contributed by atoms with Crippen LogP contribution in [-0.4, -0.2) is 26.3 Å². The van der Waals surface area contributed by atoms with E-state index in [1.165, 1.54) is 12.4 Å². The lowest BCUT2D eigenvalue weighted by molar-refractivity contribution is -0.116. The van der Waals surface area contributed by atoms with E-state index in [1.807, 2.05) is 12.1 Å². The molecule has 1 amide bonds. The number of H-pyrrole nitrogens is 1. The number of aromatic amines is 1. The maximum Gasteiger partial charge on any atom is 0.225 e. The topological polar surface area (TPSA) is 107 Å². The summed E-state index contributed by atoms with van der Waals surface area (Å²) in [5, 5.41) is 27.0. The normalized spacial score (nSPS) is 10.2. The number of aryl methyl sites for hydroxylation is 1. The number of carbonyl (C=O) groups excluding carboxylic acids is 1. The quantitative estimate of drug-likeness (QED) is 0.734. The SMILES string of the molecule is N#Cc1c(-c2ccnnc2)n[nH]c1NC(=O)CCc1ccc(Cl)cc1. The molecule has 0 aliphatic rings. The molecule has 2 N–H and O–H groups in total. The fourth-order valence-electron chi connectivity index (χ4n) is 2.29. The van der Waals surface area contributed by atoms with Gasteiger partial charge in [-0.15, -0.1) is 0 Å². The van der Waals surface area contributed by atoms with Crippen molar-refractivity contribution in [3.63, 3.8) is 0 Å². The summed E-state index contributed by atoms with van der Waals surface area (Å²) in [6.45, 7) is 0. The Morgan fingerprint density at radius 2 is 2.04 bits per heavy atom. The Bertz CT molecular complexity index is 915. The zero-order valence-corrected chi connectivity index (χ0v) is 13.8. The molecule has 8 heteroatoms. The highest BCUT2D eigenvalue weighted by Gasteiger charge is 2.16. The Labute approximate surface area is 148 Å². The van der Waals surface area contributed by atoms with Crippen molar-refractivity contribution in [3.05, 3.63) is 58.9 Å². The maximum absolute atomic E-state index is 12.1. The third-order valence-electron chi connectivity index (χ3n) is 3.55. The number of nitrogens with one attached hydrogen (secondary N) is 2. The zero-order chi connectivity index (χ0) is 17.6. The van der Waals surface area contributed by atoms with Crippen LogP contribution in [0.25, 0.3) is 11.3 Å². The average molecular weight is 353 g/mol. The average Bonchev–Trinajstić information content (AvgIpc) is 3.04. The number of amides is 1. The van der Waals surface area contributed by atoms with Crippen LogP contribution in [0.3, 0.4) is 0 Å². The molecule has 1 aromatic carbocycles. The number of carbonyl (C=O) groups is 1. The van der Waals surface area contributed by atoms with Crippen molar-refractivity contribution < 1.29 is 4.79 Å². The Kier molecular flexibility index (Phi) is 5.02. The molecule has 0 bridgehead atoms. The van der Waals surface area contributed by atoms with E-state index in [-0.39, 0.29) is 23.7 Å². The van der Waals surface area contributed by atoms with E-state index in [1.54, 1.807) is 18.2 Å². The van der Waals surface area contributed by atoms with Crippen LogP contribution in [0.2, 0.25) is 5.02 Å². The second-order valence-corrected chi connectivity index (χ2v) is 5.68. The minimum atomic E-state index is -0.213. The van der Waals surface area contributed by atoms with Gasteiger partial charge in [0.15, 0.2) is 0 Å². The van der Waals surface area contributed by atoms with Gasteiger partial charge >= 0.3 is 0 Å². The second kappa shape index (κ2) is 7.55. The first kappa shape index (κ1) is 16.6. The fourth-order valence-corrected chi connectivity index (χ4v) is 2.42. The highest BCUT2D eigenvalue weighted by atomic mass is 35.5. The lowest BCUT2D eigenvalue weighted by atomic mass is 10.1. The molecular formula is C17H13ClN6O. The molecule has 0 fully saturated rings. The molecule has 7 nitrogen and oxygen atoms in total. The van der Waals surface area contributed by atoms with Gasteiger partial charge in [-0.2, -0.15) is 20.6 Å². The van der Waals surface area contributed by atoms with E-state index in [9.17, 15) is 10.1 Å². The van der Waals surface area contributed by atoms with Gasteiger partial charge in [0, 0.05) is 17.0 Å². The Balaban J connectivity index is 1.68. The largest absolute Gasteiger partial charge is 0.310 e.